The van der Waals surface area contributed by atoms with Gasteiger partial charge in [-0.3, -0.25) is 4.79 Å². The van der Waals surface area contributed by atoms with Crippen LogP contribution in [-0.2, 0) is 4.79 Å². The highest BCUT2D eigenvalue weighted by molar-refractivity contribution is 7.99. The van der Waals surface area contributed by atoms with E-state index in [1.54, 1.807) is 0 Å². The van der Waals surface area contributed by atoms with Gasteiger partial charge in [-0.15, -0.1) is 0 Å². The smallest absolute Gasteiger partial charge is 0.296 e. The summed E-state index contributed by atoms with van der Waals surface area (Å²) in [5.74, 6) is 8.30. The van der Waals surface area contributed by atoms with Crippen LogP contribution in [0.3, 0.4) is 0 Å². The maximum atomic E-state index is 11.5. The number of thioether (sulfide) groups is 1. The van der Waals surface area contributed by atoms with Crippen LogP contribution in [0, 0.1) is 17.8 Å². The average Bonchev–Trinajstić information content (AvgIpc) is 2.88. The topological polar surface area (TPSA) is 29.1 Å². The molecule has 3 heteroatoms. The van der Waals surface area contributed by atoms with Crippen molar-refractivity contribution < 1.29 is 4.79 Å². The predicted octanol–water partition coefficient (Wildman–Crippen LogP) is 1.91. The van der Waals surface area contributed by atoms with E-state index in [0.29, 0.717) is 5.92 Å². The number of hydrogen-bond acceptors (Lipinski definition) is 2. The van der Waals surface area contributed by atoms with Gasteiger partial charge in [0.05, 0.1) is 0 Å². The van der Waals surface area contributed by atoms with Gasteiger partial charge in [0.1, 0.15) is 0 Å². The molecule has 1 N–H and O–H groups in total. The first-order chi connectivity index (χ1) is 8.34. The molecule has 1 aromatic rings. The van der Waals surface area contributed by atoms with Crippen LogP contribution in [0.2, 0.25) is 0 Å². The van der Waals surface area contributed by atoms with Crippen molar-refractivity contribution in [3.63, 3.8) is 0 Å². The summed E-state index contributed by atoms with van der Waals surface area (Å²) < 4.78 is 0. The normalized spacial score (nSPS) is 18.2. The fraction of sp³-hybridized carbons (Fsp3) is 0.357. The van der Waals surface area contributed by atoms with Crippen LogP contribution >= 0.6 is 11.8 Å². The van der Waals surface area contributed by atoms with E-state index in [4.69, 9.17) is 0 Å². The molecule has 1 aliphatic rings. The second kappa shape index (κ2) is 6.36. The van der Waals surface area contributed by atoms with Crippen molar-refractivity contribution in [3.05, 3.63) is 35.9 Å². The number of rotatable bonds is 2. The number of benzene rings is 1. The fourth-order valence-electron chi connectivity index (χ4n) is 1.68. The van der Waals surface area contributed by atoms with E-state index in [0.717, 1.165) is 17.9 Å². The molecule has 17 heavy (non-hydrogen) atoms. The van der Waals surface area contributed by atoms with E-state index in [9.17, 15) is 4.79 Å². The molecule has 1 heterocycles. The van der Waals surface area contributed by atoms with Crippen molar-refractivity contribution in [2.24, 2.45) is 5.92 Å². The zero-order valence-corrected chi connectivity index (χ0v) is 10.4. The average molecular weight is 245 g/mol. The first-order valence-electron chi connectivity index (χ1n) is 5.77. The van der Waals surface area contributed by atoms with Crippen molar-refractivity contribution in [2.75, 3.05) is 18.1 Å². The summed E-state index contributed by atoms with van der Waals surface area (Å²) >= 11 is 1.96. The van der Waals surface area contributed by atoms with Gasteiger partial charge in [0, 0.05) is 18.0 Å². The van der Waals surface area contributed by atoms with Gasteiger partial charge in [0.15, 0.2) is 0 Å². The van der Waals surface area contributed by atoms with Crippen molar-refractivity contribution in [2.45, 2.75) is 6.42 Å². The van der Waals surface area contributed by atoms with Gasteiger partial charge in [-0.2, -0.15) is 11.8 Å². The lowest BCUT2D eigenvalue weighted by atomic mass is 10.1. The number of nitrogens with one attached hydrogen (secondary N) is 1. The Labute approximate surface area is 106 Å². The van der Waals surface area contributed by atoms with Gasteiger partial charge in [0.25, 0.3) is 5.91 Å². The highest BCUT2D eigenvalue weighted by atomic mass is 32.2. The van der Waals surface area contributed by atoms with Gasteiger partial charge >= 0.3 is 0 Å². The Morgan fingerprint density at radius 1 is 1.41 bits per heavy atom. The molecule has 88 valence electrons. The molecule has 1 aliphatic heterocycles. The molecule has 2 rings (SSSR count). The largest absolute Gasteiger partial charge is 0.345 e. The lowest BCUT2D eigenvalue weighted by molar-refractivity contribution is -0.115. The third-order valence-corrected chi connectivity index (χ3v) is 3.90. The maximum absolute atomic E-state index is 11.5. The Kier molecular flexibility index (Phi) is 4.52. The quantitative estimate of drug-likeness (QED) is 0.806. The van der Waals surface area contributed by atoms with Gasteiger partial charge in [0.2, 0.25) is 0 Å². The van der Waals surface area contributed by atoms with Crippen LogP contribution in [0.15, 0.2) is 30.3 Å². The second-order valence-electron chi connectivity index (χ2n) is 4.06. The van der Waals surface area contributed by atoms with Gasteiger partial charge in [-0.05, 0) is 36.0 Å². The summed E-state index contributed by atoms with van der Waals surface area (Å²) in [7, 11) is 0. The molecule has 0 saturated carbocycles. The van der Waals surface area contributed by atoms with Crippen molar-refractivity contribution in [3.8, 4) is 11.8 Å². The molecule has 1 aromatic carbocycles. The molecule has 1 fully saturated rings. The number of hydrogen-bond donors (Lipinski definition) is 1. The summed E-state index contributed by atoms with van der Waals surface area (Å²) in [6.45, 7) is 0.759. The number of carbonyl (C=O) groups excluding carboxylic acids is 1. The standard InChI is InChI=1S/C14H15NOS/c16-14(15-10-13-8-9-17-11-13)7-6-12-4-2-1-3-5-12/h1-5,13H,8-11H2,(H,15,16)/t13-/m1/s1. The predicted molar refractivity (Wildman–Crippen MR) is 71.8 cm³/mol. The third-order valence-electron chi connectivity index (χ3n) is 2.67. The molecule has 1 amide bonds. The second-order valence-corrected chi connectivity index (χ2v) is 5.21. The Balaban J connectivity index is 1.79. The van der Waals surface area contributed by atoms with Crippen LogP contribution in [0.1, 0.15) is 12.0 Å². The number of amides is 1. The van der Waals surface area contributed by atoms with Crippen molar-refractivity contribution >= 4 is 17.7 Å². The van der Waals surface area contributed by atoms with Crippen LogP contribution in [0.25, 0.3) is 0 Å². The minimum Gasteiger partial charge on any atom is -0.345 e. The summed E-state index contributed by atoms with van der Waals surface area (Å²) in [5, 5.41) is 2.87. The van der Waals surface area contributed by atoms with E-state index in [2.05, 4.69) is 17.2 Å². The Hall–Kier alpha value is -1.40. The Bertz CT molecular complexity index is 427. The first-order valence-corrected chi connectivity index (χ1v) is 6.93. The third kappa shape index (κ3) is 4.16. The molecule has 1 saturated heterocycles. The molecule has 2 nitrogen and oxygen atoms in total. The van der Waals surface area contributed by atoms with Gasteiger partial charge < -0.3 is 5.32 Å². The highest BCUT2D eigenvalue weighted by Crippen LogP contribution is 2.22. The lowest BCUT2D eigenvalue weighted by Crippen LogP contribution is -2.28. The molecule has 0 aliphatic carbocycles. The van der Waals surface area contributed by atoms with E-state index in [1.807, 2.05) is 42.1 Å². The van der Waals surface area contributed by atoms with Crippen molar-refractivity contribution in [1.82, 2.24) is 5.32 Å². The maximum Gasteiger partial charge on any atom is 0.296 e. The van der Waals surface area contributed by atoms with Crippen LogP contribution in [0.4, 0.5) is 0 Å². The summed E-state index contributed by atoms with van der Waals surface area (Å²) in [6, 6.07) is 9.56. The van der Waals surface area contributed by atoms with Crippen LogP contribution in [0.5, 0.6) is 0 Å². The summed E-state index contributed by atoms with van der Waals surface area (Å²) in [6.07, 6.45) is 1.21. The SMILES string of the molecule is O=C(C#Cc1ccccc1)NC[C@H]1CCSC1. The molecule has 0 bridgehead atoms. The molecular weight excluding hydrogens is 230 g/mol. The lowest BCUT2D eigenvalue weighted by Gasteiger charge is -2.06. The van der Waals surface area contributed by atoms with Crippen molar-refractivity contribution in [1.29, 1.82) is 0 Å². The first kappa shape index (κ1) is 12.1. The van der Waals surface area contributed by atoms with E-state index < -0.39 is 0 Å². The molecule has 0 unspecified atom stereocenters. The highest BCUT2D eigenvalue weighted by Gasteiger charge is 2.15. The van der Waals surface area contributed by atoms with Gasteiger partial charge in [-0.25, -0.2) is 0 Å². The van der Waals surface area contributed by atoms with E-state index in [1.165, 1.54) is 12.2 Å². The minimum absolute atomic E-state index is 0.175. The molecule has 0 spiro atoms. The Morgan fingerprint density at radius 2 is 2.24 bits per heavy atom. The zero-order chi connectivity index (χ0) is 11.9. The van der Waals surface area contributed by atoms with E-state index in [-0.39, 0.29) is 5.91 Å². The molecular formula is C14H15NOS. The van der Waals surface area contributed by atoms with Crippen LogP contribution < -0.4 is 5.32 Å². The van der Waals surface area contributed by atoms with Crippen LogP contribution in [-0.4, -0.2) is 24.0 Å². The monoisotopic (exact) mass is 245 g/mol. The Morgan fingerprint density at radius 3 is 2.94 bits per heavy atom. The zero-order valence-electron chi connectivity index (χ0n) is 9.61. The fourth-order valence-corrected chi connectivity index (χ4v) is 2.96. The molecule has 0 radical (unpaired) electrons. The van der Waals surface area contributed by atoms with Gasteiger partial charge in [-0.1, -0.05) is 24.1 Å². The number of carbonyl (C=O) groups is 1. The minimum atomic E-state index is -0.175. The molecule has 1 atom stereocenters. The van der Waals surface area contributed by atoms with E-state index >= 15 is 0 Å². The summed E-state index contributed by atoms with van der Waals surface area (Å²) in [5.41, 5.74) is 0.874. The molecule has 0 aromatic heterocycles. The summed E-state index contributed by atoms with van der Waals surface area (Å²) in [4.78, 5) is 11.5.